The van der Waals surface area contributed by atoms with Crippen LogP contribution in [0.3, 0.4) is 0 Å². The van der Waals surface area contributed by atoms with E-state index in [0.717, 1.165) is 27.0 Å². The molecular formula is C15H13N3OS2. The number of aryl methyl sites for hydroxylation is 1. The molecule has 0 aliphatic heterocycles. The maximum Gasteiger partial charge on any atom is 0.230 e. The number of carbonyl (C=O) groups is 1. The minimum absolute atomic E-state index is 0.0534. The Labute approximate surface area is 130 Å². The predicted molar refractivity (Wildman–Crippen MR) is 86.7 cm³/mol. The summed E-state index contributed by atoms with van der Waals surface area (Å²) in [5.41, 5.74) is 2.65. The number of hydrogen-bond donors (Lipinski definition) is 1. The van der Waals surface area contributed by atoms with Crippen LogP contribution in [0.15, 0.2) is 41.2 Å². The van der Waals surface area contributed by atoms with E-state index in [1.54, 1.807) is 28.9 Å². The van der Waals surface area contributed by atoms with E-state index in [-0.39, 0.29) is 5.91 Å². The number of nitrogens with zero attached hydrogens (tertiary/aromatic N) is 2. The second-order valence-electron chi connectivity index (χ2n) is 4.50. The molecular weight excluding hydrogens is 302 g/mol. The first-order valence-electron chi connectivity index (χ1n) is 6.41. The molecule has 0 bridgehead atoms. The second-order valence-corrected chi connectivity index (χ2v) is 6.45. The van der Waals surface area contributed by atoms with Gasteiger partial charge in [-0.1, -0.05) is 0 Å². The van der Waals surface area contributed by atoms with Crippen molar-refractivity contribution in [3.8, 4) is 10.6 Å². The van der Waals surface area contributed by atoms with Crippen molar-refractivity contribution in [1.29, 1.82) is 0 Å². The predicted octanol–water partition coefficient (Wildman–Crippen LogP) is 3.76. The van der Waals surface area contributed by atoms with Crippen LogP contribution < -0.4 is 5.32 Å². The third kappa shape index (κ3) is 3.53. The minimum Gasteiger partial charge on any atom is -0.326 e. The fourth-order valence-corrected chi connectivity index (χ4v) is 3.18. The fraction of sp³-hybridized carbons (Fsp3) is 0.133. The average molecular weight is 315 g/mol. The van der Waals surface area contributed by atoms with E-state index in [2.05, 4.69) is 15.3 Å². The lowest BCUT2D eigenvalue weighted by molar-refractivity contribution is -0.115. The molecule has 0 saturated carbocycles. The SMILES string of the molecule is Cc1nc(CC(=O)Nc2ccc(-c3nccs3)cc2)cs1. The molecule has 2 aromatic heterocycles. The van der Waals surface area contributed by atoms with E-state index in [0.29, 0.717) is 6.42 Å². The third-order valence-electron chi connectivity index (χ3n) is 2.86. The Balaban J connectivity index is 1.63. The number of rotatable bonds is 4. The summed E-state index contributed by atoms with van der Waals surface area (Å²) in [6.45, 7) is 1.93. The van der Waals surface area contributed by atoms with Crippen LogP contribution in [0.1, 0.15) is 10.7 Å². The molecule has 3 rings (SSSR count). The number of benzene rings is 1. The summed E-state index contributed by atoms with van der Waals surface area (Å²) in [6.07, 6.45) is 2.09. The van der Waals surface area contributed by atoms with Crippen LogP contribution in [0.5, 0.6) is 0 Å². The van der Waals surface area contributed by atoms with E-state index < -0.39 is 0 Å². The van der Waals surface area contributed by atoms with Crippen molar-refractivity contribution < 1.29 is 4.79 Å². The molecule has 0 unspecified atom stereocenters. The van der Waals surface area contributed by atoms with Crippen molar-refractivity contribution in [3.05, 3.63) is 51.9 Å². The van der Waals surface area contributed by atoms with Crippen molar-refractivity contribution in [2.75, 3.05) is 5.32 Å². The first kappa shape index (κ1) is 13.9. The van der Waals surface area contributed by atoms with Crippen LogP contribution in [-0.4, -0.2) is 15.9 Å². The zero-order valence-electron chi connectivity index (χ0n) is 11.4. The Morgan fingerprint density at radius 2 is 2.05 bits per heavy atom. The van der Waals surface area contributed by atoms with Gasteiger partial charge in [-0.05, 0) is 31.2 Å². The van der Waals surface area contributed by atoms with Crippen LogP contribution in [0, 0.1) is 6.92 Å². The largest absolute Gasteiger partial charge is 0.326 e. The maximum absolute atomic E-state index is 11.9. The zero-order chi connectivity index (χ0) is 14.7. The average Bonchev–Trinajstić information content (AvgIpc) is 3.11. The van der Waals surface area contributed by atoms with Crippen LogP contribution in [0.2, 0.25) is 0 Å². The number of nitrogens with one attached hydrogen (secondary N) is 1. The highest BCUT2D eigenvalue weighted by atomic mass is 32.1. The topological polar surface area (TPSA) is 54.9 Å². The number of amides is 1. The summed E-state index contributed by atoms with van der Waals surface area (Å²) in [4.78, 5) is 20.5. The van der Waals surface area contributed by atoms with Crippen molar-refractivity contribution >= 4 is 34.3 Å². The van der Waals surface area contributed by atoms with Gasteiger partial charge in [0, 0.05) is 28.2 Å². The molecule has 6 heteroatoms. The molecule has 1 aromatic carbocycles. The van der Waals surface area contributed by atoms with Crippen molar-refractivity contribution in [2.45, 2.75) is 13.3 Å². The summed E-state index contributed by atoms with van der Waals surface area (Å²) >= 11 is 3.15. The van der Waals surface area contributed by atoms with E-state index in [1.807, 2.05) is 41.9 Å². The Hall–Kier alpha value is -2.05. The van der Waals surface area contributed by atoms with Crippen LogP contribution in [0.25, 0.3) is 10.6 Å². The second kappa shape index (κ2) is 6.15. The highest BCUT2D eigenvalue weighted by Crippen LogP contribution is 2.23. The monoisotopic (exact) mass is 315 g/mol. The summed E-state index contributed by atoms with van der Waals surface area (Å²) in [5, 5.41) is 8.70. The highest BCUT2D eigenvalue weighted by Gasteiger charge is 2.07. The van der Waals surface area contributed by atoms with Gasteiger partial charge in [-0.25, -0.2) is 9.97 Å². The van der Waals surface area contributed by atoms with Gasteiger partial charge >= 0.3 is 0 Å². The highest BCUT2D eigenvalue weighted by molar-refractivity contribution is 7.13. The van der Waals surface area contributed by atoms with Gasteiger partial charge in [-0.2, -0.15) is 0 Å². The van der Waals surface area contributed by atoms with Crippen molar-refractivity contribution in [2.24, 2.45) is 0 Å². The zero-order valence-corrected chi connectivity index (χ0v) is 13.0. The molecule has 0 radical (unpaired) electrons. The lowest BCUT2D eigenvalue weighted by atomic mass is 10.2. The third-order valence-corrected chi connectivity index (χ3v) is 4.50. The summed E-state index contributed by atoms with van der Waals surface area (Å²) in [7, 11) is 0. The number of thiazole rings is 2. The van der Waals surface area contributed by atoms with Gasteiger partial charge in [0.25, 0.3) is 0 Å². The number of carbonyl (C=O) groups excluding carboxylic acids is 1. The van der Waals surface area contributed by atoms with Crippen molar-refractivity contribution in [3.63, 3.8) is 0 Å². The van der Waals surface area contributed by atoms with E-state index in [9.17, 15) is 4.79 Å². The molecule has 0 saturated heterocycles. The minimum atomic E-state index is -0.0534. The molecule has 2 heterocycles. The molecule has 21 heavy (non-hydrogen) atoms. The molecule has 0 aliphatic carbocycles. The van der Waals surface area contributed by atoms with Gasteiger partial charge in [0.05, 0.1) is 17.1 Å². The van der Waals surface area contributed by atoms with E-state index in [1.165, 1.54) is 0 Å². The van der Waals surface area contributed by atoms with Gasteiger partial charge in [-0.3, -0.25) is 4.79 Å². The molecule has 1 amide bonds. The number of aromatic nitrogens is 2. The first-order valence-corrected chi connectivity index (χ1v) is 8.17. The molecule has 106 valence electrons. The lowest BCUT2D eigenvalue weighted by Gasteiger charge is -2.04. The van der Waals surface area contributed by atoms with E-state index in [4.69, 9.17) is 0 Å². The molecule has 0 fully saturated rings. The number of anilines is 1. The maximum atomic E-state index is 11.9. The van der Waals surface area contributed by atoms with Crippen molar-refractivity contribution in [1.82, 2.24) is 9.97 Å². The van der Waals surface area contributed by atoms with E-state index >= 15 is 0 Å². The standard InChI is InChI=1S/C15H13N3OS2/c1-10-17-13(9-21-10)8-14(19)18-12-4-2-11(3-5-12)15-16-6-7-20-15/h2-7,9H,8H2,1H3,(H,18,19). The van der Waals surface area contributed by atoms with Crippen LogP contribution in [0.4, 0.5) is 5.69 Å². The van der Waals surface area contributed by atoms with Crippen LogP contribution >= 0.6 is 22.7 Å². The smallest absolute Gasteiger partial charge is 0.230 e. The lowest BCUT2D eigenvalue weighted by Crippen LogP contribution is -2.14. The Morgan fingerprint density at radius 3 is 2.67 bits per heavy atom. The Kier molecular flexibility index (Phi) is 4.08. The fourth-order valence-electron chi connectivity index (χ4n) is 1.92. The number of hydrogen-bond acceptors (Lipinski definition) is 5. The molecule has 4 nitrogen and oxygen atoms in total. The molecule has 0 atom stereocenters. The Morgan fingerprint density at radius 1 is 1.24 bits per heavy atom. The molecule has 3 aromatic rings. The first-order chi connectivity index (χ1) is 10.2. The van der Waals surface area contributed by atoms with Gasteiger partial charge < -0.3 is 5.32 Å². The van der Waals surface area contributed by atoms with Gasteiger partial charge in [-0.15, -0.1) is 22.7 Å². The quantitative estimate of drug-likeness (QED) is 0.797. The molecule has 0 spiro atoms. The van der Waals surface area contributed by atoms with Gasteiger partial charge in [0.15, 0.2) is 0 Å². The molecule has 1 N–H and O–H groups in total. The summed E-state index contributed by atoms with van der Waals surface area (Å²) in [5.74, 6) is -0.0534. The van der Waals surface area contributed by atoms with Gasteiger partial charge in [0.1, 0.15) is 5.01 Å². The Bertz CT molecular complexity index is 733. The van der Waals surface area contributed by atoms with Crippen LogP contribution in [-0.2, 0) is 11.2 Å². The molecule has 0 aliphatic rings. The normalized spacial score (nSPS) is 10.5. The summed E-state index contributed by atoms with van der Waals surface area (Å²) < 4.78 is 0. The van der Waals surface area contributed by atoms with Gasteiger partial charge in [0.2, 0.25) is 5.91 Å². The summed E-state index contributed by atoms with van der Waals surface area (Å²) in [6, 6.07) is 7.70.